The van der Waals surface area contributed by atoms with Crippen LogP contribution in [0.3, 0.4) is 0 Å². The molecule has 1 N–H and O–H groups in total. The molecule has 0 saturated heterocycles. The highest BCUT2D eigenvalue weighted by Crippen LogP contribution is 2.36. The van der Waals surface area contributed by atoms with Gasteiger partial charge in [0.1, 0.15) is 5.01 Å². The minimum absolute atomic E-state index is 0.114. The van der Waals surface area contributed by atoms with Crippen molar-refractivity contribution < 1.29 is 14.3 Å². The second-order valence-electron chi connectivity index (χ2n) is 7.61. The maximum absolute atomic E-state index is 12.4. The Balaban J connectivity index is 1.35. The molecule has 0 aliphatic heterocycles. The Kier molecular flexibility index (Phi) is 6.57. The third-order valence-electron chi connectivity index (χ3n) is 5.39. The van der Waals surface area contributed by atoms with E-state index in [4.69, 9.17) is 4.98 Å². The summed E-state index contributed by atoms with van der Waals surface area (Å²) in [5, 5.41) is 6.11. The summed E-state index contributed by atoms with van der Waals surface area (Å²) in [7, 11) is 1.34. The first-order valence-electron chi connectivity index (χ1n) is 10.3. The van der Waals surface area contributed by atoms with E-state index in [0.29, 0.717) is 11.5 Å². The summed E-state index contributed by atoms with van der Waals surface area (Å²) in [5.41, 5.74) is 4.25. The number of carbonyl (C=O) groups excluding carboxylic acids is 2. The molecule has 1 aliphatic carbocycles. The maximum atomic E-state index is 12.4. The Morgan fingerprint density at radius 1 is 1.16 bits per heavy atom. The average molecular weight is 433 g/mol. The number of anilines is 1. The van der Waals surface area contributed by atoms with E-state index in [1.54, 1.807) is 35.6 Å². The molecule has 1 aromatic heterocycles. The maximum Gasteiger partial charge on any atom is 0.337 e. The van der Waals surface area contributed by atoms with Gasteiger partial charge in [0.25, 0.3) is 0 Å². The number of nitrogens with zero attached hydrogens (tertiary/aromatic N) is 1. The molecule has 1 fully saturated rings. The van der Waals surface area contributed by atoms with Gasteiger partial charge in [-0.1, -0.05) is 36.8 Å². The number of hydrogen-bond donors (Lipinski definition) is 1. The van der Waals surface area contributed by atoms with Crippen molar-refractivity contribution in [2.24, 2.45) is 0 Å². The van der Waals surface area contributed by atoms with Gasteiger partial charge in [-0.05, 0) is 54.3 Å². The summed E-state index contributed by atoms with van der Waals surface area (Å²) in [5.74, 6) is 0.142. The van der Waals surface area contributed by atoms with E-state index >= 15 is 0 Å². The molecular formula is C25H24N2O3S. The predicted molar refractivity (Wildman–Crippen MR) is 124 cm³/mol. The van der Waals surface area contributed by atoms with E-state index in [-0.39, 0.29) is 12.3 Å². The summed E-state index contributed by atoms with van der Waals surface area (Å²) < 4.78 is 4.69. The Bertz CT molecular complexity index is 1100. The van der Waals surface area contributed by atoms with Gasteiger partial charge in [0.05, 0.1) is 24.8 Å². The van der Waals surface area contributed by atoms with Gasteiger partial charge in [0, 0.05) is 17.0 Å². The molecule has 2 aromatic carbocycles. The van der Waals surface area contributed by atoms with Crippen LogP contribution in [-0.4, -0.2) is 24.0 Å². The molecule has 0 atom stereocenters. The molecule has 3 aromatic rings. The number of nitrogens with one attached hydrogen (secondary N) is 1. The number of benzene rings is 2. The van der Waals surface area contributed by atoms with Crippen LogP contribution in [0, 0.1) is 0 Å². The number of ether oxygens (including phenoxy) is 1. The highest BCUT2D eigenvalue weighted by Gasteiger charge is 2.21. The molecule has 158 valence electrons. The molecular weight excluding hydrogens is 408 g/mol. The summed E-state index contributed by atoms with van der Waals surface area (Å²) in [6.07, 6.45) is 8.09. The van der Waals surface area contributed by atoms with Crippen molar-refractivity contribution in [3.05, 3.63) is 81.3 Å². The first-order chi connectivity index (χ1) is 15.1. The highest BCUT2D eigenvalue weighted by atomic mass is 32.1. The van der Waals surface area contributed by atoms with Gasteiger partial charge in [-0.2, -0.15) is 0 Å². The Labute approximate surface area is 185 Å². The molecule has 4 rings (SSSR count). The van der Waals surface area contributed by atoms with Crippen molar-refractivity contribution in [1.29, 1.82) is 0 Å². The number of methoxy groups -OCH3 is 1. The van der Waals surface area contributed by atoms with E-state index < -0.39 is 5.97 Å². The fourth-order valence-corrected chi connectivity index (χ4v) is 4.21. The zero-order chi connectivity index (χ0) is 21.6. The number of thiazole rings is 1. The lowest BCUT2D eigenvalue weighted by Crippen LogP contribution is -2.14. The number of esters is 1. The van der Waals surface area contributed by atoms with Gasteiger partial charge in [-0.15, -0.1) is 11.3 Å². The molecule has 0 unspecified atom stereocenters. The second-order valence-corrected chi connectivity index (χ2v) is 8.50. The molecule has 1 amide bonds. The van der Waals surface area contributed by atoms with Gasteiger partial charge in [0.2, 0.25) is 5.91 Å². The van der Waals surface area contributed by atoms with Crippen LogP contribution in [0.4, 0.5) is 5.69 Å². The van der Waals surface area contributed by atoms with Gasteiger partial charge in [0.15, 0.2) is 0 Å². The summed E-state index contributed by atoms with van der Waals surface area (Å²) in [4.78, 5) is 28.6. The Morgan fingerprint density at radius 3 is 2.68 bits per heavy atom. The number of hydrogen-bond acceptors (Lipinski definition) is 5. The Morgan fingerprint density at radius 2 is 1.97 bits per heavy atom. The standard InChI is InChI=1S/C25H24N2O3S/c1-30-25(29)20-11-8-18(9-12-20)15-23(28)26-21-7-2-4-17(14-21)10-13-24-27-22(16-31-24)19-5-3-6-19/h2,4,7-14,16,19H,3,5-6,15H2,1H3,(H,26,28)/b13-10+. The van der Waals surface area contributed by atoms with Gasteiger partial charge in [-0.25, -0.2) is 9.78 Å². The van der Waals surface area contributed by atoms with E-state index in [0.717, 1.165) is 21.8 Å². The largest absolute Gasteiger partial charge is 0.465 e. The lowest BCUT2D eigenvalue weighted by molar-refractivity contribution is -0.115. The molecule has 1 saturated carbocycles. The molecule has 1 heterocycles. The molecule has 1 aliphatic rings. The summed E-state index contributed by atoms with van der Waals surface area (Å²) >= 11 is 1.67. The minimum atomic E-state index is -0.391. The van der Waals surface area contributed by atoms with Crippen LogP contribution in [0.2, 0.25) is 0 Å². The SMILES string of the molecule is COC(=O)c1ccc(CC(=O)Nc2cccc(/C=C/c3nc(C4CCC4)cs3)c2)cc1. The quantitative estimate of drug-likeness (QED) is 0.497. The summed E-state index contributed by atoms with van der Waals surface area (Å²) in [6, 6.07) is 14.6. The summed E-state index contributed by atoms with van der Waals surface area (Å²) in [6.45, 7) is 0. The van der Waals surface area contributed by atoms with Crippen molar-refractivity contribution in [3.8, 4) is 0 Å². The van der Waals surface area contributed by atoms with E-state index in [1.165, 1.54) is 32.1 Å². The monoisotopic (exact) mass is 432 g/mol. The smallest absolute Gasteiger partial charge is 0.337 e. The topological polar surface area (TPSA) is 68.3 Å². The lowest BCUT2D eigenvalue weighted by Gasteiger charge is -2.22. The van der Waals surface area contributed by atoms with Crippen molar-refractivity contribution in [3.63, 3.8) is 0 Å². The van der Waals surface area contributed by atoms with Crippen molar-refractivity contribution >= 4 is 41.1 Å². The van der Waals surface area contributed by atoms with Gasteiger partial charge >= 0.3 is 5.97 Å². The second kappa shape index (κ2) is 9.71. The molecule has 0 bridgehead atoms. The number of aromatic nitrogens is 1. The van der Waals surface area contributed by atoms with Crippen LogP contribution in [0.25, 0.3) is 12.2 Å². The van der Waals surface area contributed by atoms with Crippen LogP contribution < -0.4 is 5.32 Å². The fourth-order valence-electron chi connectivity index (χ4n) is 3.42. The number of rotatable bonds is 7. The van der Waals surface area contributed by atoms with Crippen LogP contribution >= 0.6 is 11.3 Å². The molecule has 0 radical (unpaired) electrons. The van der Waals surface area contributed by atoms with Crippen molar-refractivity contribution in [2.75, 3.05) is 12.4 Å². The zero-order valence-corrected chi connectivity index (χ0v) is 18.2. The molecule has 0 spiro atoms. The van der Waals surface area contributed by atoms with Crippen LogP contribution in [-0.2, 0) is 16.0 Å². The van der Waals surface area contributed by atoms with E-state index in [9.17, 15) is 9.59 Å². The third-order valence-corrected chi connectivity index (χ3v) is 6.22. The minimum Gasteiger partial charge on any atom is -0.465 e. The van der Waals surface area contributed by atoms with Crippen molar-refractivity contribution in [2.45, 2.75) is 31.6 Å². The molecule has 6 heteroatoms. The van der Waals surface area contributed by atoms with Gasteiger partial charge < -0.3 is 10.1 Å². The highest BCUT2D eigenvalue weighted by molar-refractivity contribution is 7.10. The normalized spacial score (nSPS) is 13.7. The van der Waals surface area contributed by atoms with E-state index in [2.05, 4.69) is 15.4 Å². The van der Waals surface area contributed by atoms with Crippen LogP contribution in [0.15, 0.2) is 53.9 Å². The molecule has 31 heavy (non-hydrogen) atoms. The first kappa shape index (κ1) is 21.0. The number of carbonyl (C=O) groups is 2. The molecule has 5 nitrogen and oxygen atoms in total. The van der Waals surface area contributed by atoms with Crippen LogP contribution in [0.5, 0.6) is 0 Å². The van der Waals surface area contributed by atoms with Gasteiger partial charge in [-0.3, -0.25) is 4.79 Å². The zero-order valence-electron chi connectivity index (χ0n) is 17.3. The predicted octanol–water partition coefficient (Wildman–Crippen LogP) is 5.55. The fraction of sp³-hybridized carbons (Fsp3) is 0.240. The Hall–Kier alpha value is -3.25. The first-order valence-corrected chi connectivity index (χ1v) is 11.2. The van der Waals surface area contributed by atoms with Crippen LogP contribution in [0.1, 0.15) is 57.4 Å². The lowest BCUT2D eigenvalue weighted by atomic mass is 9.83. The third kappa shape index (κ3) is 5.47. The number of amides is 1. The van der Waals surface area contributed by atoms with Crippen molar-refractivity contribution in [1.82, 2.24) is 4.98 Å². The average Bonchev–Trinajstić information content (AvgIpc) is 3.19. The van der Waals surface area contributed by atoms with E-state index in [1.807, 2.05) is 36.4 Å².